The molecule has 9 heavy (non-hydrogen) atoms. The van der Waals surface area contributed by atoms with Gasteiger partial charge >= 0.3 is 0 Å². The third-order valence-corrected chi connectivity index (χ3v) is 2.17. The maximum atomic E-state index is 5.32. The molecule has 1 aliphatic carbocycles. The van der Waals surface area contributed by atoms with E-state index >= 15 is 0 Å². The Labute approximate surface area is 57.7 Å². The van der Waals surface area contributed by atoms with Crippen molar-refractivity contribution >= 4 is 0 Å². The van der Waals surface area contributed by atoms with Crippen LogP contribution in [0.25, 0.3) is 0 Å². The van der Waals surface area contributed by atoms with E-state index in [4.69, 9.17) is 6.42 Å². The Kier molecular flexibility index (Phi) is 2.16. The minimum atomic E-state index is 0.591. The molecule has 0 aliphatic heterocycles. The molecule has 0 N–H and O–H groups in total. The third kappa shape index (κ3) is 1.75. The number of hydrogen-bond donors (Lipinski definition) is 0. The number of terminal acetylenes is 1. The standard InChI is InChI=1S/C9H14/c1-3-9-6-4-5-8(2)7-9/h1,8-9H,4-7H2,2H3/t8-,9-/m0/s1. The summed E-state index contributed by atoms with van der Waals surface area (Å²) in [5.41, 5.74) is 0. The molecule has 0 aromatic rings. The van der Waals surface area contributed by atoms with Crippen molar-refractivity contribution in [3.8, 4) is 12.3 Å². The molecule has 50 valence electrons. The zero-order chi connectivity index (χ0) is 6.69. The van der Waals surface area contributed by atoms with Crippen LogP contribution in [0.2, 0.25) is 0 Å². The highest BCUT2D eigenvalue weighted by Gasteiger charge is 2.15. The van der Waals surface area contributed by atoms with Crippen LogP contribution in [0.4, 0.5) is 0 Å². The van der Waals surface area contributed by atoms with E-state index in [2.05, 4.69) is 12.8 Å². The van der Waals surface area contributed by atoms with Gasteiger partial charge in [-0.15, -0.1) is 12.3 Å². The van der Waals surface area contributed by atoms with Crippen molar-refractivity contribution in [2.75, 3.05) is 0 Å². The fourth-order valence-electron chi connectivity index (χ4n) is 1.59. The fourth-order valence-corrected chi connectivity index (χ4v) is 1.59. The lowest BCUT2D eigenvalue weighted by molar-refractivity contribution is 0.333. The molecule has 2 atom stereocenters. The minimum Gasteiger partial charge on any atom is -0.120 e. The Morgan fingerprint density at radius 2 is 2.22 bits per heavy atom. The molecule has 0 unspecified atom stereocenters. The van der Waals surface area contributed by atoms with Crippen LogP contribution in [-0.2, 0) is 0 Å². The van der Waals surface area contributed by atoms with Gasteiger partial charge in [-0.3, -0.25) is 0 Å². The van der Waals surface area contributed by atoms with Crippen LogP contribution < -0.4 is 0 Å². The SMILES string of the molecule is C#C[C@H]1CCC[C@H](C)C1. The molecule has 1 fully saturated rings. The molecule has 0 aromatic carbocycles. The van der Waals surface area contributed by atoms with Crippen molar-refractivity contribution in [1.82, 2.24) is 0 Å². The molecule has 0 amide bonds. The van der Waals surface area contributed by atoms with E-state index < -0.39 is 0 Å². The Hall–Kier alpha value is -0.440. The van der Waals surface area contributed by atoms with Crippen molar-refractivity contribution in [1.29, 1.82) is 0 Å². The lowest BCUT2D eigenvalue weighted by atomic mass is 9.83. The largest absolute Gasteiger partial charge is 0.120 e. The summed E-state index contributed by atoms with van der Waals surface area (Å²) in [7, 11) is 0. The second-order valence-electron chi connectivity index (χ2n) is 3.14. The molecule has 0 heteroatoms. The number of hydrogen-bond acceptors (Lipinski definition) is 0. The molecular weight excluding hydrogens is 108 g/mol. The average Bonchev–Trinajstić information content (AvgIpc) is 1.88. The molecule has 1 aliphatic rings. The molecule has 1 saturated carbocycles. The highest BCUT2D eigenvalue weighted by Crippen LogP contribution is 2.27. The molecule has 0 radical (unpaired) electrons. The predicted octanol–water partition coefficient (Wildman–Crippen LogP) is 2.45. The maximum Gasteiger partial charge on any atom is 0.0202 e. The van der Waals surface area contributed by atoms with Crippen LogP contribution in [0.3, 0.4) is 0 Å². The summed E-state index contributed by atoms with van der Waals surface area (Å²) in [4.78, 5) is 0. The zero-order valence-electron chi connectivity index (χ0n) is 6.06. The molecule has 0 saturated heterocycles. The fraction of sp³-hybridized carbons (Fsp3) is 0.778. The highest BCUT2D eigenvalue weighted by molar-refractivity contribution is 4.94. The maximum absolute atomic E-state index is 5.32. The first kappa shape index (κ1) is 6.68. The van der Waals surface area contributed by atoms with Crippen molar-refractivity contribution in [3.05, 3.63) is 0 Å². The third-order valence-electron chi connectivity index (χ3n) is 2.17. The second kappa shape index (κ2) is 2.92. The van der Waals surface area contributed by atoms with E-state index in [-0.39, 0.29) is 0 Å². The smallest absolute Gasteiger partial charge is 0.0202 e. The molecule has 0 bridgehead atoms. The normalized spacial score (nSPS) is 35.6. The van der Waals surface area contributed by atoms with E-state index in [1.54, 1.807) is 0 Å². The molecule has 0 aromatic heterocycles. The molecular formula is C9H14. The summed E-state index contributed by atoms with van der Waals surface area (Å²) in [5, 5.41) is 0. The lowest BCUT2D eigenvalue weighted by Gasteiger charge is -2.22. The summed E-state index contributed by atoms with van der Waals surface area (Å²) in [6.45, 7) is 2.30. The van der Waals surface area contributed by atoms with E-state index in [1.165, 1.54) is 25.7 Å². The minimum absolute atomic E-state index is 0.591. The van der Waals surface area contributed by atoms with Gasteiger partial charge in [0, 0.05) is 5.92 Å². The first-order valence-electron chi connectivity index (χ1n) is 3.79. The first-order chi connectivity index (χ1) is 4.33. The topological polar surface area (TPSA) is 0 Å². The predicted molar refractivity (Wildman–Crippen MR) is 40.0 cm³/mol. The van der Waals surface area contributed by atoms with Crippen LogP contribution >= 0.6 is 0 Å². The van der Waals surface area contributed by atoms with Crippen LogP contribution in [0.15, 0.2) is 0 Å². The van der Waals surface area contributed by atoms with E-state index in [0.717, 1.165) is 5.92 Å². The van der Waals surface area contributed by atoms with Gasteiger partial charge in [-0.05, 0) is 18.8 Å². The van der Waals surface area contributed by atoms with E-state index in [9.17, 15) is 0 Å². The van der Waals surface area contributed by atoms with Crippen molar-refractivity contribution < 1.29 is 0 Å². The Morgan fingerprint density at radius 3 is 2.67 bits per heavy atom. The van der Waals surface area contributed by atoms with Gasteiger partial charge < -0.3 is 0 Å². The average molecular weight is 122 g/mol. The summed E-state index contributed by atoms with van der Waals surface area (Å²) in [6.07, 6.45) is 10.6. The molecule has 0 spiro atoms. The van der Waals surface area contributed by atoms with E-state index in [1.807, 2.05) is 0 Å². The van der Waals surface area contributed by atoms with Crippen molar-refractivity contribution in [2.24, 2.45) is 11.8 Å². The van der Waals surface area contributed by atoms with Crippen LogP contribution in [0, 0.1) is 24.2 Å². The van der Waals surface area contributed by atoms with Gasteiger partial charge in [-0.2, -0.15) is 0 Å². The van der Waals surface area contributed by atoms with E-state index in [0.29, 0.717) is 5.92 Å². The van der Waals surface area contributed by atoms with Crippen molar-refractivity contribution in [3.63, 3.8) is 0 Å². The monoisotopic (exact) mass is 122 g/mol. The van der Waals surface area contributed by atoms with Gasteiger partial charge in [-0.1, -0.05) is 19.8 Å². The Balaban J connectivity index is 2.34. The molecule has 0 nitrogen and oxygen atoms in total. The summed E-state index contributed by atoms with van der Waals surface area (Å²) in [5.74, 6) is 4.30. The van der Waals surface area contributed by atoms with Gasteiger partial charge in [-0.25, -0.2) is 0 Å². The summed E-state index contributed by atoms with van der Waals surface area (Å²) >= 11 is 0. The van der Waals surface area contributed by atoms with Gasteiger partial charge in [0.25, 0.3) is 0 Å². The Morgan fingerprint density at radius 1 is 1.44 bits per heavy atom. The van der Waals surface area contributed by atoms with Crippen LogP contribution in [0.5, 0.6) is 0 Å². The Bertz CT molecular complexity index is 118. The zero-order valence-corrected chi connectivity index (χ0v) is 6.06. The summed E-state index contributed by atoms with van der Waals surface area (Å²) < 4.78 is 0. The quantitative estimate of drug-likeness (QED) is 0.433. The van der Waals surface area contributed by atoms with Crippen LogP contribution in [0.1, 0.15) is 32.6 Å². The van der Waals surface area contributed by atoms with Gasteiger partial charge in [0.2, 0.25) is 0 Å². The second-order valence-corrected chi connectivity index (χ2v) is 3.14. The highest BCUT2D eigenvalue weighted by atomic mass is 14.2. The van der Waals surface area contributed by atoms with Crippen LogP contribution in [-0.4, -0.2) is 0 Å². The van der Waals surface area contributed by atoms with Crippen molar-refractivity contribution in [2.45, 2.75) is 32.6 Å². The lowest BCUT2D eigenvalue weighted by Crippen LogP contribution is -2.10. The van der Waals surface area contributed by atoms with Gasteiger partial charge in [0.1, 0.15) is 0 Å². The molecule has 1 rings (SSSR count). The van der Waals surface area contributed by atoms with Gasteiger partial charge in [0.05, 0.1) is 0 Å². The van der Waals surface area contributed by atoms with Gasteiger partial charge in [0.15, 0.2) is 0 Å². The molecule has 0 heterocycles. The first-order valence-corrected chi connectivity index (χ1v) is 3.79. The number of rotatable bonds is 0. The summed E-state index contributed by atoms with van der Waals surface area (Å²) in [6, 6.07) is 0.